The van der Waals surface area contributed by atoms with E-state index in [1.54, 1.807) is 0 Å². The summed E-state index contributed by atoms with van der Waals surface area (Å²) in [5.74, 6) is 3.02. The molecule has 3 atom stereocenters. The van der Waals surface area contributed by atoms with Crippen molar-refractivity contribution in [3.05, 3.63) is 0 Å². The van der Waals surface area contributed by atoms with Crippen LogP contribution in [0.25, 0.3) is 0 Å². The zero-order chi connectivity index (χ0) is 9.47. The Morgan fingerprint density at radius 2 is 1.77 bits per heavy atom. The minimum absolute atomic E-state index is 0.539. The Morgan fingerprint density at radius 3 is 2.38 bits per heavy atom. The van der Waals surface area contributed by atoms with Gasteiger partial charge in [-0.1, -0.05) is 20.8 Å². The quantitative estimate of drug-likeness (QED) is 0.606. The van der Waals surface area contributed by atoms with E-state index in [1.165, 1.54) is 32.4 Å². The molecule has 1 saturated carbocycles. The topological polar surface area (TPSA) is 12.0 Å². The number of fused-ring (bicyclic) bond motifs is 1. The Balaban J connectivity index is 1.99. The van der Waals surface area contributed by atoms with E-state index < -0.39 is 0 Å². The van der Waals surface area contributed by atoms with E-state index in [0.29, 0.717) is 5.41 Å². The Bertz CT molecular complexity index is 166. The largest absolute Gasteiger partial charge is 0.316 e. The third kappa shape index (κ3) is 1.90. The van der Waals surface area contributed by atoms with Crippen molar-refractivity contribution in [2.24, 2.45) is 23.2 Å². The van der Waals surface area contributed by atoms with E-state index in [4.69, 9.17) is 0 Å². The molecule has 0 amide bonds. The molecule has 1 saturated heterocycles. The van der Waals surface area contributed by atoms with Crippen molar-refractivity contribution in [1.29, 1.82) is 0 Å². The molecule has 2 aliphatic rings. The molecule has 3 unspecified atom stereocenters. The predicted octanol–water partition coefficient (Wildman–Crippen LogP) is 2.67. The van der Waals surface area contributed by atoms with Gasteiger partial charge >= 0.3 is 0 Å². The van der Waals surface area contributed by atoms with E-state index >= 15 is 0 Å². The first-order valence-electron chi connectivity index (χ1n) is 5.78. The van der Waals surface area contributed by atoms with Gasteiger partial charge in [0.25, 0.3) is 0 Å². The first kappa shape index (κ1) is 9.51. The third-order valence-corrected chi connectivity index (χ3v) is 4.16. The molecule has 2 fully saturated rings. The maximum absolute atomic E-state index is 3.53. The van der Waals surface area contributed by atoms with Crippen molar-refractivity contribution in [1.82, 2.24) is 5.32 Å². The molecular weight excluding hydrogens is 158 g/mol. The lowest BCUT2D eigenvalue weighted by Gasteiger charge is -2.26. The lowest BCUT2D eigenvalue weighted by atomic mass is 9.79. The van der Waals surface area contributed by atoms with Crippen molar-refractivity contribution in [2.75, 3.05) is 13.1 Å². The van der Waals surface area contributed by atoms with Crippen LogP contribution in [0.3, 0.4) is 0 Å². The van der Waals surface area contributed by atoms with Crippen LogP contribution < -0.4 is 5.32 Å². The predicted molar refractivity (Wildman–Crippen MR) is 56.6 cm³/mol. The number of nitrogens with one attached hydrogen (secondary N) is 1. The van der Waals surface area contributed by atoms with Gasteiger partial charge in [-0.2, -0.15) is 0 Å². The van der Waals surface area contributed by atoms with Gasteiger partial charge in [-0.15, -0.1) is 0 Å². The fourth-order valence-electron chi connectivity index (χ4n) is 3.10. The van der Waals surface area contributed by atoms with Gasteiger partial charge in [-0.3, -0.25) is 0 Å². The van der Waals surface area contributed by atoms with Crippen molar-refractivity contribution in [2.45, 2.75) is 40.0 Å². The molecule has 0 spiro atoms. The Hall–Kier alpha value is -0.0400. The van der Waals surface area contributed by atoms with Crippen molar-refractivity contribution >= 4 is 0 Å². The molecule has 2 rings (SSSR count). The first-order chi connectivity index (χ1) is 6.07. The molecule has 0 radical (unpaired) electrons. The third-order valence-electron chi connectivity index (χ3n) is 4.16. The van der Waals surface area contributed by atoms with Gasteiger partial charge in [0.15, 0.2) is 0 Å². The summed E-state index contributed by atoms with van der Waals surface area (Å²) in [6, 6.07) is 0. The van der Waals surface area contributed by atoms with Crippen LogP contribution in [-0.2, 0) is 0 Å². The number of hydrogen-bond donors (Lipinski definition) is 1. The molecule has 1 aliphatic heterocycles. The zero-order valence-electron chi connectivity index (χ0n) is 9.27. The van der Waals surface area contributed by atoms with Crippen LogP contribution in [0.2, 0.25) is 0 Å². The fourth-order valence-corrected chi connectivity index (χ4v) is 3.10. The van der Waals surface area contributed by atoms with E-state index in [1.807, 2.05) is 0 Å². The minimum atomic E-state index is 0.539. The monoisotopic (exact) mass is 181 g/mol. The van der Waals surface area contributed by atoms with Gasteiger partial charge < -0.3 is 5.32 Å². The van der Waals surface area contributed by atoms with Crippen molar-refractivity contribution in [3.63, 3.8) is 0 Å². The van der Waals surface area contributed by atoms with Gasteiger partial charge in [0.2, 0.25) is 0 Å². The van der Waals surface area contributed by atoms with Gasteiger partial charge in [-0.25, -0.2) is 0 Å². The molecule has 1 heteroatoms. The minimum Gasteiger partial charge on any atom is -0.316 e. The number of hydrogen-bond acceptors (Lipinski definition) is 1. The highest BCUT2D eigenvalue weighted by molar-refractivity contribution is 4.91. The molecule has 1 aliphatic carbocycles. The highest BCUT2D eigenvalue weighted by Gasteiger charge is 2.40. The van der Waals surface area contributed by atoms with Crippen LogP contribution in [0.15, 0.2) is 0 Å². The molecule has 0 bridgehead atoms. The van der Waals surface area contributed by atoms with Gasteiger partial charge in [0.05, 0.1) is 0 Å². The second-order valence-electron chi connectivity index (χ2n) is 6.05. The molecule has 76 valence electrons. The Morgan fingerprint density at radius 1 is 1.08 bits per heavy atom. The molecule has 0 aromatic rings. The lowest BCUT2D eigenvalue weighted by molar-refractivity contribution is 0.237. The van der Waals surface area contributed by atoms with Crippen LogP contribution in [0.4, 0.5) is 0 Å². The average molecular weight is 181 g/mol. The zero-order valence-corrected chi connectivity index (χ0v) is 9.27. The van der Waals surface area contributed by atoms with E-state index in [2.05, 4.69) is 26.1 Å². The fraction of sp³-hybridized carbons (Fsp3) is 1.00. The van der Waals surface area contributed by atoms with Crippen LogP contribution in [-0.4, -0.2) is 13.1 Å². The second-order valence-corrected chi connectivity index (χ2v) is 6.05. The standard InChI is InChI=1S/C12H23N/c1-12(2,3)11-6-9-4-5-13-8-10(9)7-11/h9-11,13H,4-8H2,1-3H3. The molecule has 0 aromatic carbocycles. The Kier molecular flexibility index (Phi) is 2.39. The van der Waals surface area contributed by atoms with Crippen LogP contribution >= 0.6 is 0 Å². The molecular formula is C12H23N. The summed E-state index contributed by atoms with van der Waals surface area (Å²) in [4.78, 5) is 0. The molecule has 1 nitrogen and oxygen atoms in total. The lowest BCUT2D eigenvalue weighted by Crippen LogP contribution is -2.33. The van der Waals surface area contributed by atoms with E-state index in [9.17, 15) is 0 Å². The molecule has 1 N–H and O–H groups in total. The summed E-state index contributed by atoms with van der Waals surface area (Å²) in [6.07, 6.45) is 4.40. The smallest absolute Gasteiger partial charge is 0.00177 e. The summed E-state index contributed by atoms with van der Waals surface area (Å²) in [6.45, 7) is 9.77. The van der Waals surface area contributed by atoms with Crippen molar-refractivity contribution in [3.8, 4) is 0 Å². The van der Waals surface area contributed by atoms with Crippen LogP contribution in [0, 0.1) is 23.2 Å². The normalized spacial score (nSPS) is 40.4. The van der Waals surface area contributed by atoms with E-state index in [0.717, 1.165) is 17.8 Å². The highest BCUT2D eigenvalue weighted by Crippen LogP contribution is 2.47. The van der Waals surface area contributed by atoms with Crippen LogP contribution in [0.1, 0.15) is 40.0 Å². The number of piperidine rings is 1. The summed E-state index contributed by atoms with van der Waals surface area (Å²) in [5.41, 5.74) is 0.539. The summed E-state index contributed by atoms with van der Waals surface area (Å²) < 4.78 is 0. The average Bonchev–Trinajstić information content (AvgIpc) is 2.45. The van der Waals surface area contributed by atoms with Gasteiger partial charge in [0.1, 0.15) is 0 Å². The van der Waals surface area contributed by atoms with Crippen LogP contribution in [0.5, 0.6) is 0 Å². The van der Waals surface area contributed by atoms with Crippen molar-refractivity contribution < 1.29 is 0 Å². The first-order valence-corrected chi connectivity index (χ1v) is 5.78. The Labute approximate surface area is 82.3 Å². The van der Waals surface area contributed by atoms with Gasteiger partial charge in [-0.05, 0) is 55.5 Å². The summed E-state index contributed by atoms with van der Waals surface area (Å²) >= 11 is 0. The summed E-state index contributed by atoms with van der Waals surface area (Å²) in [5, 5.41) is 3.53. The summed E-state index contributed by atoms with van der Waals surface area (Å²) in [7, 11) is 0. The molecule has 1 heterocycles. The SMILES string of the molecule is CC(C)(C)C1CC2CCNCC2C1. The molecule has 13 heavy (non-hydrogen) atoms. The maximum Gasteiger partial charge on any atom is -0.00177 e. The van der Waals surface area contributed by atoms with E-state index in [-0.39, 0.29) is 0 Å². The second kappa shape index (κ2) is 3.27. The number of rotatable bonds is 0. The highest BCUT2D eigenvalue weighted by atomic mass is 14.9. The molecule has 0 aromatic heterocycles. The van der Waals surface area contributed by atoms with Gasteiger partial charge in [0, 0.05) is 0 Å². The maximum atomic E-state index is 3.53.